The normalized spacial score (nSPS) is 20.8. The fourth-order valence-electron chi connectivity index (χ4n) is 4.11. The summed E-state index contributed by atoms with van der Waals surface area (Å²) in [5, 5.41) is 12.2. The maximum absolute atomic E-state index is 12.6. The van der Waals surface area contributed by atoms with Gasteiger partial charge in [0.2, 0.25) is 0 Å². The van der Waals surface area contributed by atoms with Gasteiger partial charge < -0.3 is 25.0 Å². The monoisotopic (exact) mass is 374 g/mol. The highest BCUT2D eigenvalue weighted by atomic mass is 16.5. The topological polar surface area (TPSA) is 95.0 Å². The van der Waals surface area contributed by atoms with Crippen LogP contribution in [0.2, 0.25) is 0 Å². The van der Waals surface area contributed by atoms with Crippen molar-refractivity contribution in [2.45, 2.75) is 25.7 Å². The molecule has 2 N–H and O–H groups in total. The number of anilines is 1. The van der Waals surface area contributed by atoms with Gasteiger partial charge in [-0.2, -0.15) is 0 Å². The molecule has 0 bridgehead atoms. The molecule has 0 saturated carbocycles. The second-order valence-corrected chi connectivity index (χ2v) is 7.85. The number of carbonyl (C=O) groups is 2. The van der Waals surface area contributed by atoms with Crippen molar-refractivity contribution in [3.8, 4) is 0 Å². The fraction of sp³-hybridized carbons (Fsp3) is 0.632. The maximum Gasteiger partial charge on any atom is 0.320 e. The van der Waals surface area contributed by atoms with Crippen LogP contribution in [0.25, 0.3) is 0 Å². The number of aromatic nitrogens is 1. The molecule has 1 aromatic heterocycles. The summed E-state index contributed by atoms with van der Waals surface area (Å²) in [5.74, 6) is 0.114. The van der Waals surface area contributed by atoms with Crippen LogP contribution in [0.3, 0.4) is 0 Å². The molecule has 3 aliphatic heterocycles. The number of carbonyl (C=O) groups excluding carboxylic acids is 1. The van der Waals surface area contributed by atoms with E-state index in [1.807, 2.05) is 4.90 Å². The standard InChI is InChI=1S/C19H26N4O4/c24-16(25)5-7-22-8-9-23(18(22)26)11-19(12-27-13-19)10-15-4-3-14-2-1-6-20-17(14)21-15/h3-4H,1-2,5-13H2,(H,20,21)(H,24,25). The summed E-state index contributed by atoms with van der Waals surface area (Å²) in [6.45, 7) is 4.33. The largest absolute Gasteiger partial charge is 0.481 e. The van der Waals surface area contributed by atoms with E-state index in [0.29, 0.717) is 32.8 Å². The molecule has 4 rings (SSSR count). The molecule has 2 amide bonds. The average Bonchev–Trinajstić information content (AvgIpc) is 2.97. The van der Waals surface area contributed by atoms with Crippen molar-refractivity contribution in [2.75, 3.05) is 51.3 Å². The van der Waals surface area contributed by atoms with Gasteiger partial charge in [-0.1, -0.05) is 6.07 Å². The molecule has 0 atom stereocenters. The van der Waals surface area contributed by atoms with Crippen LogP contribution in [-0.2, 0) is 22.4 Å². The highest BCUT2D eigenvalue weighted by Gasteiger charge is 2.43. The molecule has 0 radical (unpaired) electrons. The van der Waals surface area contributed by atoms with Crippen LogP contribution < -0.4 is 5.32 Å². The van der Waals surface area contributed by atoms with Crippen LogP contribution in [0, 0.1) is 5.41 Å². The van der Waals surface area contributed by atoms with Crippen molar-refractivity contribution in [3.63, 3.8) is 0 Å². The third-order valence-electron chi connectivity index (χ3n) is 5.63. The lowest BCUT2D eigenvalue weighted by atomic mass is 9.80. The number of aryl methyl sites for hydroxylation is 1. The number of carboxylic acids is 1. The quantitative estimate of drug-likeness (QED) is 0.745. The van der Waals surface area contributed by atoms with Crippen molar-refractivity contribution < 1.29 is 19.4 Å². The van der Waals surface area contributed by atoms with E-state index in [9.17, 15) is 9.59 Å². The van der Waals surface area contributed by atoms with Gasteiger partial charge in [-0.15, -0.1) is 0 Å². The number of hydrogen-bond acceptors (Lipinski definition) is 5. The van der Waals surface area contributed by atoms with Crippen LogP contribution in [0.1, 0.15) is 24.1 Å². The number of nitrogens with zero attached hydrogens (tertiary/aromatic N) is 3. The van der Waals surface area contributed by atoms with E-state index in [2.05, 4.69) is 17.4 Å². The van der Waals surface area contributed by atoms with Gasteiger partial charge in [0.25, 0.3) is 0 Å². The lowest BCUT2D eigenvalue weighted by molar-refractivity contribution is -0.137. The molecule has 2 saturated heterocycles. The molecule has 0 aromatic carbocycles. The van der Waals surface area contributed by atoms with Crippen molar-refractivity contribution in [3.05, 3.63) is 23.4 Å². The summed E-state index contributed by atoms with van der Waals surface area (Å²) < 4.78 is 5.50. The smallest absolute Gasteiger partial charge is 0.320 e. The zero-order valence-electron chi connectivity index (χ0n) is 15.4. The van der Waals surface area contributed by atoms with E-state index in [4.69, 9.17) is 14.8 Å². The van der Waals surface area contributed by atoms with Crippen molar-refractivity contribution in [2.24, 2.45) is 5.41 Å². The number of nitrogens with one attached hydrogen (secondary N) is 1. The SMILES string of the molecule is O=C(O)CCN1CCN(CC2(Cc3ccc4c(n3)NCCC4)COC2)C1=O. The van der Waals surface area contributed by atoms with Crippen LogP contribution in [0.15, 0.2) is 12.1 Å². The Kier molecular flexibility index (Phi) is 4.90. The van der Waals surface area contributed by atoms with E-state index in [-0.39, 0.29) is 24.4 Å². The number of rotatable bonds is 7. The Morgan fingerprint density at radius 1 is 1.30 bits per heavy atom. The molecular weight excluding hydrogens is 348 g/mol. The first-order chi connectivity index (χ1) is 13.0. The van der Waals surface area contributed by atoms with Gasteiger partial charge in [0.15, 0.2) is 0 Å². The van der Waals surface area contributed by atoms with Crippen LogP contribution in [0.5, 0.6) is 0 Å². The van der Waals surface area contributed by atoms with Gasteiger partial charge in [-0.3, -0.25) is 4.79 Å². The molecule has 2 fully saturated rings. The number of amides is 2. The molecule has 146 valence electrons. The number of carboxylic acid groups (broad SMARTS) is 1. The summed E-state index contributed by atoms with van der Waals surface area (Å²) in [4.78, 5) is 31.6. The average molecular weight is 374 g/mol. The second kappa shape index (κ2) is 7.34. The molecule has 8 nitrogen and oxygen atoms in total. The Morgan fingerprint density at radius 3 is 2.85 bits per heavy atom. The summed E-state index contributed by atoms with van der Waals surface area (Å²) in [6, 6.07) is 4.19. The number of pyridine rings is 1. The molecule has 8 heteroatoms. The highest BCUT2D eigenvalue weighted by molar-refractivity contribution is 5.77. The number of urea groups is 1. The molecule has 3 aliphatic rings. The van der Waals surface area contributed by atoms with Crippen LogP contribution >= 0.6 is 0 Å². The molecule has 0 unspecified atom stereocenters. The van der Waals surface area contributed by atoms with Crippen molar-refractivity contribution >= 4 is 17.8 Å². The molecular formula is C19H26N4O4. The number of fused-ring (bicyclic) bond motifs is 1. The summed E-state index contributed by atoms with van der Waals surface area (Å²) in [5.41, 5.74) is 2.20. The fourth-order valence-corrected chi connectivity index (χ4v) is 4.11. The van der Waals surface area contributed by atoms with Crippen LogP contribution in [0.4, 0.5) is 10.6 Å². The predicted octanol–water partition coefficient (Wildman–Crippen LogP) is 1.21. The van der Waals surface area contributed by atoms with Crippen molar-refractivity contribution in [1.82, 2.24) is 14.8 Å². The molecule has 0 spiro atoms. The van der Waals surface area contributed by atoms with Gasteiger partial charge >= 0.3 is 12.0 Å². The van der Waals surface area contributed by atoms with Gasteiger partial charge in [-0.05, 0) is 24.5 Å². The van der Waals surface area contributed by atoms with Gasteiger partial charge in [0.05, 0.1) is 19.6 Å². The summed E-state index contributed by atoms with van der Waals surface area (Å²) in [6.07, 6.45) is 2.97. The first kappa shape index (κ1) is 18.0. The minimum Gasteiger partial charge on any atom is -0.481 e. The lowest BCUT2D eigenvalue weighted by Gasteiger charge is -2.43. The lowest BCUT2D eigenvalue weighted by Crippen LogP contribution is -2.53. The molecule has 1 aromatic rings. The van der Waals surface area contributed by atoms with Crippen molar-refractivity contribution in [1.29, 1.82) is 0 Å². The Bertz CT molecular complexity index is 734. The Hall–Kier alpha value is -2.35. The third kappa shape index (κ3) is 3.85. The van der Waals surface area contributed by atoms with E-state index in [0.717, 1.165) is 37.3 Å². The van der Waals surface area contributed by atoms with E-state index in [1.165, 1.54) is 5.56 Å². The highest BCUT2D eigenvalue weighted by Crippen LogP contribution is 2.34. The predicted molar refractivity (Wildman–Crippen MR) is 98.8 cm³/mol. The van der Waals surface area contributed by atoms with E-state index < -0.39 is 5.97 Å². The Labute approximate surface area is 158 Å². The van der Waals surface area contributed by atoms with Gasteiger partial charge in [0.1, 0.15) is 5.82 Å². The van der Waals surface area contributed by atoms with Gasteiger partial charge in [-0.25, -0.2) is 9.78 Å². The third-order valence-corrected chi connectivity index (χ3v) is 5.63. The Morgan fingerprint density at radius 2 is 2.11 bits per heavy atom. The minimum absolute atomic E-state index is 0.0140. The zero-order chi connectivity index (χ0) is 18.9. The number of hydrogen-bond donors (Lipinski definition) is 2. The summed E-state index contributed by atoms with van der Waals surface area (Å²) in [7, 11) is 0. The molecule has 4 heterocycles. The first-order valence-electron chi connectivity index (χ1n) is 9.61. The minimum atomic E-state index is -0.878. The van der Waals surface area contributed by atoms with E-state index in [1.54, 1.807) is 4.90 Å². The van der Waals surface area contributed by atoms with Gasteiger partial charge in [0, 0.05) is 50.3 Å². The zero-order valence-corrected chi connectivity index (χ0v) is 15.4. The van der Waals surface area contributed by atoms with Crippen LogP contribution in [-0.4, -0.2) is 77.8 Å². The van der Waals surface area contributed by atoms with E-state index >= 15 is 0 Å². The maximum atomic E-state index is 12.6. The number of ether oxygens (including phenoxy) is 1. The summed E-state index contributed by atoms with van der Waals surface area (Å²) >= 11 is 0. The molecule has 27 heavy (non-hydrogen) atoms. The molecule has 0 aliphatic carbocycles. The second-order valence-electron chi connectivity index (χ2n) is 7.85. The Balaban J connectivity index is 1.40. The number of aliphatic carboxylic acids is 1. The first-order valence-corrected chi connectivity index (χ1v) is 9.61.